The molecule has 1 saturated carbocycles. The SMILES string of the molecule is [C-]#[N+]c1ccc2c(CN(Cc3c(O)ccc4cc([N+]#[C-])ccc34)C3CCCCC3)c(O)ccc2c1. The van der Waals surface area contributed by atoms with Gasteiger partial charge in [-0.15, -0.1) is 0 Å². The molecule has 0 atom stereocenters. The topological polar surface area (TPSA) is 52.4 Å². The molecule has 0 saturated heterocycles. The lowest BCUT2D eigenvalue weighted by atomic mass is 9.92. The molecular formula is C30H27N3O2. The second kappa shape index (κ2) is 9.66. The molecule has 0 amide bonds. The van der Waals surface area contributed by atoms with Crippen molar-refractivity contribution in [3.05, 3.63) is 94.6 Å². The molecule has 35 heavy (non-hydrogen) atoms. The molecule has 0 spiro atoms. The Morgan fingerprint density at radius 3 is 1.63 bits per heavy atom. The summed E-state index contributed by atoms with van der Waals surface area (Å²) < 4.78 is 0. The van der Waals surface area contributed by atoms with E-state index >= 15 is 0 Å². The molecular weight excluding hydrogens is 434 g/mol. The van der Waals surface area contributed by atoms with Crippen molar-refractivity contribution in [2.45, 2.75) is 51.2 Å². The number of benzene rings is 4. The summed E-state index contributed by atoms with van der Waals surface area (Å²) in [5.41, 5.74) is 2.86. The van der Waals surface area contributed by atoms with Crippen LogP contribution in [-0.2, 0) is 13.1 Å². The second-order valence-electron chi connectivity index (χ2n) is 9.36. The fourth-order valence-electron chi connectivity index (χ4n) is 5.38. The van der Waals surface area contributed by atoms with Crippen molar-refractivity contribution in [1.29, 1.82) is 0 Å². The Bertz CT molecular complexity index is 1380. The highest BCUT2D eigenvalue weighted by molar-refractivity contribution is 5.91. The van der Waals surface area contributed by atoms with Gasteiger partial charge < -0.3 is 10.2 Å². The van der Waals surface area contributed by atoms with Crippen molar-refractivity contribution in [3.63, 3.8) is 0 Å². The van der Waals surface area contributed by atoms with Gasteiger partial charge in [0.05, 0.1) is 13.1 Å². The van der Waals surface area contributed by atoms with Crippen LogP contribution in [0.4, 0.5) is 11.4 Å². The molecule has 174 valence electrons. The quantitative estimate of drug-likeness (QED) is 0.298. The van der Waals surface area contributed by atoms with Crippen molar-refractivity contribution >= 4 is 32.9 Å². The highest BCUT2D eigenvalue weighted by atomic mass is 16.3. The summed E-state index contributed by atoms with van der Waals surface area (Å²) in [6.07, 6.45) is 5.75. The lowest BCUT2D eigenvalue weighted by Crippen LogP contribution is -2.36. The average molecular weight is 462 g/mol. The van der Waals surface area contributed by atoms with Crippen LogP contribution in [0.5, 0.6) is 11.5 Å². The molecule has 0 radical (unpaired) electrons. The molecule has 4 aromatic carbocycles. The van der Waals surface area contributed by atoms with E-state index in [1.807, 2.05) is 36.4 Å². The molecule has 1 aliphatic rings. The summed E-state index contributed by atoms with van der Waals surface area (Å²) in [6.45, 7) is 15.7. The van der Waals surface area contributed by atoms with Crippen LogP contribution in [0.2, 0.25) is 0 Å². The van der Waals surface area contributed by atoms with Gasteiger partial charge in [0.2, 0.25) is 0 Å². The number of hydrogen-bond donors (Lipinski definition) is 2. The lowest BCUT2D eigenvalue weighted by Gasteiger charge is -2.35. The summed E-state index contributed by atoms with van der Waals surface area (Å²) >= 11 is 0. The molecule has 4 aromatic rings. The minimum Gasteiger partial charge on any atom is -0.508 e. The Morgan fingerprint density at radius 1 is 0.686 bits per heavy atom. The van der Waals surface area contributed by atoms with Crippen molar-refractivity contribution < 1.29 is 10.2 Å². The maximum atomic E-state index is 10.9. The minimum atomic E-state index is 0.248. The maximum Gasteiger partial charge on any atom is 0.187 e. The van der Waals surface area contributed by atoms with Gasteiger partial charge in [-0.1, -0.05) is 55.7 Å². The lowest BCUT2D eigenvalue weighted by molar-refractivity contribution is 0.138. The Morgan fingerprint density at radius 2 is 1.17 bits per heavy atom. The van der Waals surface area contributed by atoms with E-state index in [2.05, 4.69) is 14.6 Å². The summed E-state index contributed by atoms with van der Waals surface area (Å²) in [7, 11) is 0. The molecule has 0 unspecified atom stereocenters. The monoisotopic (exact) mass is 461 g/mol. The van der Waals surface area contributed by atoms with Gasteiger partial charge in [0.15, 0.2) is 11.4 Å². The fraction of sp³-hybridized carbons (Fsp3) is 0.267. The first-order valence-corrected chi connectivity index (χ1v) is 12.1. The molecule has 0 aliphatic heterocycles. The van der Waals surface area contributed by atoms with Crippen molar-refractivity contribution in [2.24, 2.45) is 0 Å². The van der Waals surface area contributed by atoms with Gasteiger partial charge in [-0.25, -0.2) is 9.69 Å². The van der Waals surface area contributed by atoms with E-state index in [-0.39, 0.29) is 11.5 Å². The first kappa shape index (κ1) is 22.7. The summed E-state index contributed by atoms with van der Waals surface area (Å²) in [6, 6.07) is 18.7. The summed E-state index contributed by atoms with van der Waals surface area (Å²) in [5, 5.41) is 25.5. The molecule has 0 heterocycles. The zero-order chi connectivity index (χ0) is 24.4. The maximum absolute atomic E-state index is 10.9. The van der Waals surface area contributed by atoms with Gasteiger partial charge >= 0.3 is 0 Å². The highest BCUT2D eigenvalue weighted by Gasteiger charge is 2.25. The molecule has 1 fully saturated rings. The van der Waals surface area contributed by atoms with E-state index < -0.39 is 0 Å². The molecule has 5 heteroatoms. The zero-order valence-electron chi connectivity index (χ0n) is 19.5. The van der Waals surface area contributed by atoms with E-state index in [0.717, 1.165) is 45.5 Å². The number of hydrogen-bond acceptors (Lipinski definition) is 3. The van der Waals surface area contributed by atoms with Crippen LogP contribution in [0.1, 0.15) is 43.2 Å². The molecule has 0 aromatic heterocycles. The van der Waals surface area contributed by atoms with Crippen molar-refractivity contribution in [2.75, 3.05) is 0 Å². The van der Waals surface area contributed by atoms with Gasteiger partial charge in [-0.05, 0) is 58.7 Å². The molecule has 2 N–H and O–H groups in total. The highest BCUT2D eigenvalue weighted by Crippen LogP contribution is 2.36. The largest absolute Gasteiger partial charge is 0.508 e. The molecule has 5 rings (SSSR count). The number of phenolic OH excluding ortho intramolecular Hbond substituents is 2. The van der Waals surface area contributed by atoms with E-state index in [9.17, 15) is 10.2 Å². The third-order valence-corrected chi connectivity index (χ3v) is 7.25. The number of fused-ring (bicyclic) bond motifs is 2. The number of aromatic hydroxyl groups is 2. The van der Waals surface area contributed by atoms with Crippen LogP contribution in [0.3, 0.4) is 0 Å². The Hall–Kier alpha value is -4.06. The summed E-state index contributed by atoms with van der Waals surface area (Å²) in [4.78, 5) is 9.47. The normalized spacial score (nSPS) is 14.3. The van der Waals surface area contributed by atoms with Crippen LogP contribution in [0.25, 0.3) is 31.2 Å². The number of phenols is 2. The fourth-order valence-corrected chi connectivity index (χ4v) is 5.38. The first-order chi connectivity index (χ1) is 17.1. The van der Waals surface area contributed by atoms with Crippen LogP contribution in [-0.4, -0.2) is 21.2 Å². The van der Waals surface area contributed by atoms with Crippen LogP contribution < -0.4 is 0 Å². The zero-order valence-corrected chi connectivity index (χ0v) is 19.5. The Labute approximate surface area is 205 Å². The van der Waals surface area contributed by atoms with Crippen LogP contribution in [0, 0.1) is 13.1 Å². The second-order valence-corrected chi connectivity index (χ2v) is 9.36. The van der Waals surface area contributed by atoms with Gasteiger partial charge in [0, 0.05) is 30.3 Å². The van der Waals surface area contributed by atoms with Gasteiger partial charge in [-0.3, -0.25) is 4.90 Å². The number of nitrogens with zero attached hydrogens (tertiary/aromatic N) is 3. The third kappa shape index (κ3) is 4.52. The molecule has 5 nitrogen and oxygen atoms in total. The predicted octanol–water partition coefficient (Wildman–Crippen LogP) is 7.84. The van der Waals surface area contributed by atoms with Gasteiger partial charge in [-0.2, -0.15) is 0 Å². The van der Waals surface area contributed by atoms with Crippen molar-refractivity contribution in [1.82, 2.24) is 4.90 Å². The van der Waals surface area contributed by atoms with Gasteiger partial charge in [0.1, 0.15) is 11.5 Å². The van der Waals surface area contributed by atoms with Crippen molar-refractivity contribution in [3.8, 4) is 11.5 Å². The predicted molar refractivity (Wildman–Crippen MR) is 140 cm³/mol. The molecule has 0 bridgehead atoms. The minimum absolute atomic E-state index is 0.248. The van der Waals surface area contributed by atoms with E-state index in [4.69, 9.17) is 13.1 Å². The van der Waals surface area contributed by atoms with Gasteiger partial charge in [0.25, 0.3) is 0 Å². The molecule has 1 aliphatic carbocycles. The van der Waals surface area contributed by atoms with E-state index in [1.165, 1.54) is 19.3 Å². The Kier molecular flexibility index (Phi) is 6.27. The average Bonchev–Trinajstić information content (AvgIpc) is 2.90. The van der Waals surface area contributed by atoms with E-state index in [1.54, 1.807) is 24.3 Å². The van der Waals surface area contributed by atoms with Crippen LogP contribution in [0.15, 0.2) is 60.7 Å². The smallest absolute Gasteiger partial charge is 0.187 e. The number of rotatable bonds is 5. The first-order valence-electron chi connectivity index (χ1n) is 12.1. The Balaban J connectivity index is 1.58. The van der Waals surface area contributed by atoms with E-state index in [0.29, 0.717) is 30.5 Å². The summed E-state index contributed by atoms with van der Waals surface area (Å²) in [5.74, 6) is 0.496. The standard InChI is InChI=1S/C30H27N3O2/c1-31-22-10-12-25-20(16-22)8-14-29(34)27(25)18-33(24-6-4-3-5-7-24)19-28-26-13-11-23(32-2)17-21(26)9-15-30(28)35/h8-17,24,34-35H,3-7,18-19H2. The van der Waals surface area contributed by atoms with Crippen LogP contribution >= 0.6 is 0 Å². The third-order valence-electron chi connectivity index (χ3n) is 7.25.